The third-order valence-electron chi connectivity index (χ3n) is 8.25. The van der Waals surface area contributed by atoms with E-state index in [0.29, 0.717) is 26.8 Å². The number of non-ortho nitro benzene ring substituents is 1. The number of thiophene rings is 1. The van der Waals surface area contributed by atoms with Gasteiger partial charge >= 0.3 is 0 Å². The molecule has 0 radical (unpaired) electrons. The lowest BCUT2D eigenvalue weighted by Crippen LogP contribution is -2.51. The Morgan fingerprint density at radius 3 is 2.61 bits per heavy atom. The van der Waals surface area contributed by atoms with Crippen LogP contribution in [0.5, 0.6) is 0 Å². The van der Waals surface area contributed by atoms with Crippen LogP contribution in [0.25, 0.3) is 6.08 Å². The van der Waals surface area contributed by atoms with Crippen LogP contribution in [-0.2, 0) is 10.2 Å². The number of rotatable bonds is 5. The van der Waals surface area contributed by atoms with Gasteiger partial charge in [0.1, 0.15) is 11.5 Å². The number of carbonyl (C=O) groups excluding carboxylic acids is 3. The quantitative estimate of drug-likeness (QED) is 0.172. The van der Waals surface area contributed by atoms with Gasteiger partial charge in [-0.15, -0.1) is 11.3 Å². The zero-order valence-corrected chi connectivity index (χ0v) is 22.8. The summed E-state index contributed by atoms with van der Waals surface area (Å²) in [7, 11) is 0. The average molecular weight is 582 g/mol. The molecule has 41 heavy (non-hydrogen) atoms. The summed E-state index contributed by atoms with van der Waals surface area (Å²) < 4.78 is 0. The molecule has 1 saturated heterocycles. The Kier molecular flexibility index (Phi) is 5.71. The van der Waals surface area contributed by atoms with E-state index in [2.05, 4.69) is 5.32 Å². The van der Waals surface area contributed by atoms with Crippen LogP contribution in [0.3, 0.4) is 0 Å². The van der Waals surface area contributed by atoms with Crippen molar-refractivity contribution in [3.63, 3.8) is 0 Å². The SMILES string of the molecule is O=C(c1cccs1)[C@@H]1[C@H](C(=O)c2cccc([N+](=O)[O-])c2)[C@@]2(C(=O)Nc3ccccc32)[C@@H]2C=Cc3cc(Cl)ccc3N12. The number of Topliss-reactive ketones (excluding diaryl/α,β-unsaturated/α-hetero) is 2. The van der Waals surface area contributed by atoms with Crippen molar-refractivity contribution >= 4 is 63.5 Å². The Bertz CT molecular complexity index is 1820. The maximum absolute atomic E-state index is 14.7. The molecule has 3 aliphatic rings. The van der Waals surface area contributed by atoms with Crippen molar-refractivity contribution in [1.82, 2.24) is 0 Å². The number of halogens is 1. The summed E-state index contributed by atoms with van der Waals surface area (Å²) in [5.74, 6) is -2.44. The molecule has 4 heterocycles. The highest BCUT2D eigenvalue weighted by Crippen LogP contribution is 2.58. The molecule has 8 nitrogen and oxygen atoms in total. The van der Waals surface area contributed by atoms with Crippen LogP contribution in [0.4, 0.5) is 17.1 Å². The molecule has 7 rings (SSSR count). The van der Waals surface area contributed by atoms with Crippen molar-refractivity contribution in [3.8, 4) is 0 Å². The molecular weight excluding hydrogens is 562 g/mol. The summed E-state index contributed by atoms with van der Waals surface area (Å²) in [4.78, 5) is 56.8. The Hall–Kier alpha value is -4.60. The zero-order chi connectivity index (χ0) is 28.5. The molecular formula is C31H20ClN3O5S. The number of nitrogens with zero attached hydrogens (tertiary/aromatic N) is 2. The highest BCUT2D eigenvalue weighted by Gasteiger charge is 2.70. The second kappa shape index (κ2) is 9.22. The van der Waals surface area contributed by atoms with Crippen molar-refractivity contribution < 1.29 is 19.3 Å². The normalized spacial score (nSPS) is 23.6. The Morgan fingerprint density at radius 2 is 1.83 bits per heavy atom. The van der Waals surface area contributed by atoms with Crippen LogP contribution >= 0.6 is 22.9 Å². The largest absolute Gasteiger partial charge is 0.352 e. The molecule has 1 spiro atoms. The molecule has 1 aromatic heterocycles. The van der Waals surface area contributed by atoms with Crippen LogP contribution in [0.15, 0.2) is 90.3 Å². The number of nitrogens with one attached hydrogen (secondary N) is 1. The highest BCUT2D eigenvalue weighted by molar-refractivity contribution is 7.12. The average Bonchev–Trinajstić information content (AvgIpc) is 3.69. The van der Waals surface area contributed by atoms with Gasteiger partial charge in [0, 0.05) is 34.1 Å². The third-order valence-corrected chi connectivity index (χ3v) is 9.37. The van der Waals surface area contributed by atoms with Crippen LogP contribution in [0.1, 0.15) is 31.2 Å². The standard InChI is InChI=1S/C31H20ClN3O5S/c32-19-11-12-23-17(15-19)10-13-25-31(21-7-1-2-8-22(21)33-30(31)38)26(27(34(23)25)29(37)24-9-4-14-41-24)28(36)18-5-3-6-20(16-18)35(39)40/h1-16,25-27H,(H,33,38)/t25-,26+,27-,31-/m0/s1. The number of ketones is 2. The second-order valence-electron chi connectivity index (χ2n) is 10.2. The number of fused-ring (bicyclic) bond motifs is 6. The lowest BCUT2D eigenvalue weighted by molar-refractivity contribution is -0.384. The number of carbonyl (C=O) groups is 3. The molecule has 0 bridgehead atoms. The first-order chi connectivity index (χ1) is 19.8. The molecule has 4 aromatic rings. The molecule has 1 amide bonds. The van der Waals surface area contributed by atoms with E-state index in [1.54, 1.807) is 53.9 Å². The number of amides is 1. The molecule has 4 atom stereocenters. The van der Waals surface area contributed by atoms with E-state index in [1.165, 1.54) is 35.6 Å². The summed E-state index contributed by atoms with van der Waals surface area (Å²) in [6.45, 7) is 0. The lowest BCUT2D eigenvalue weighted by Gasteiger charge is -2.37. The maximum atomic E-state index is 14.7. The number of anilines is 2. The van der Waals surface area contributed by atoms with E-state index in [0.717, 1.165) is 5.56 Å². The van der Waals surface area contributed by atoms with Crippen molar-refractivity contribution in [1.29, 1.82) is 0 Å². The first kappa shape index (κ1) is 25.4. The van der Waals surface area contributed by atoms with E-state index in [-0.39, 0.29) is 17.0 Å². The van der Waals surface area contributed by atoms with Gasteiger partial charge in [-0.05, 0) is 46.8 Å². The lowest BCUT2D eigenvalue weighted by atomic mass is 9.64. The predicted molar refractivity (Wildman–Crippen MR) is 157 cm³/mol. The van der Waals surface area contributed by atoms with Gasteiger partial charge in [0.05, 0.1) is 21.8 Å². The number of nitro groups is 1. The van der Waals surface area contributed by atoms with Crippen LogP contribution in [0, 0.1) is 16.0 Å². The highest BCUT2D eigenvalue weighted by atomic mass is 35.5. The van der Waals surface area contributed by atoms with E-state index >= 15 is 0 Å². The van der Waals surface area contributed by atoms with E-state index in [4.69, 9.17) is 11.6 Å². The molecule has 0 saturated carbocycles. The van der Waals surface area contributed by atoms with E-state index < -0.39 is 40.0 Å². The smallest absolute Gasteiger partial charge is 0.270 e. The minimum Gasteiger partial charge on any atom is -0.352 e. The van der Waals surface area contributed by atoms with Crippen molar-refractivity contribution in [2.75, 3.05) is 10.2 Å². The van der Waals surface area contributed by atoms with Crippen molar-refractivity contribution in [2.45, 2.75) is 17.5 Å². The summed E-state index contributed by atoms with van der Waals surface area (Å²) in [6, 6.07) is 19.6. The van der Waals surface area contributed by atoms with Gasteiger partial charge < -0.3 is 10.2 Å². The number of benzene rings is 3. The Balaban J connectivity index is 1.54. The van der Waals surface area contributed by atoms with Crippen molar-refractivity contribution in [2.24, 2.45) is 5.92 Å². The first-order valence-corrected chi connectivity index (χ1v) is 14.1. The second-order valence-corrected chi connectivity index (χ2v) is 11.6. The summed E-state index contributed by atoms with van der Waals surface area (Å²) in [5.41, 5.74) is 0.902. The molecule has 0 unspecified atom stereocenters. The Labute approximate surface area is 243 Å². The third kappa shape index (κ3) is 3.55. The molecule has 202 valence electrons. The summed E-state index contributed by atoms with van der Waals surface area (Å²) >= 11 is 7.58. The number of hydrogen-bond acceptors (Lipinski definition) is 7. The molecule has 3 aliphatic heterocycles. The van der Waals surface area contributed by atoms with Gasteiger partial charge in [-0.1, -0.05) is 60.2 Å². The summed E-state index contributed by atoms with van der Waals surface area (Å²) in [6.07, 6.45) is 3.72. The van der Waals surface area contributed by atoms with E-state index in [1.807, 2.05) is 23.1 Å². The van der Waals surface area contributed by atoms with Gasteiger partial charge in [0.15, 0.2) is 11.6 Å². The number of nitro benzene ring substituents is 1. The van der Waals surface area contributed by atoms with Crippen LogP contribution in [-0.4, -0.2) is 34.5 Å². The number of hydrogen-bond donors (Lipinski definition) is 1. The molecule has 0 aliphatic carbocycles. The predicted octanol–water partition coefficient (Wildman–Crippen LogP) is 6.17. The fourth-order valence-corrected chi connectivity index (χ4v) is 7.55. The molecule has 1 N–H and O–H groups in total. The first-order valence-electron chi connectivity index (χ1n) is 12.9. The molecule has 3 aromatic carbocycles. The fraction of sp³-hybridized carbons (Fsp3) is 0.129. The topological polar surface area (TPSA) is 110 Å². The van der Waals surface area contributed by atoms with E-state index in [9.17, 15) is 24.5 Å². The monoisotopic (exact) mass is 581 g/mol. The van der Waals surface area contributed by atoms with Crippen LogP contribution in [0.2, 0.25) is 5.02 Å². The summed E-state index contributed by atoms with van der Waals surface area (Å²) in [5, 5.41) is 16.9. The zero-order valence-electron chi connectivity index (χ0n) is 21.2. The Morgan fingerprint density at radius 1 is 1.00 bits per heavy atom. The van der Waals surface area contributed by atoms with Gasteiger partial charge in [-0.3, -0.25) is 24.5 Å². The fourth-order valence-electron chi connectivity index (χ4n) is 6.67. The van der Waals surface area contributed by atoms with Gasteiger partial charge in [0.2, 0.25) is 5.91 Å². The van der Waals surface area contributed by atoms with Gasteiger partial charge in [-0.25, -0.2) is 0 Å². The maximum Gasteiger partial charge on any atom is 0.270 e. The minimum atomic E-state index is -1.50. The number of para-hydroxylation sites is 1. The molecule has 10 heteroatoms. The molecule has 1 fully saturated rings. The van der Waals surface area contributed by atoms with Crippen LogP contribution < -0.4 is 10.2 Å². The van der Waals surface area contributed by atoms with Gasteiger partial charge in [0.25, 0.3) is 5.69 Å². The van der Waals surface area contributed by atoms with Gasteiger partial charge in [-0.2, -0.15) is 0 Å². The minimum absolute atomic E-state index is 0.0601. The van der Waals surface area contributed by atoms with Crippen molar-refractivity contribution in [3.05, 3.63) is 127 Å².